The molecule has 0 aliphatic rings. The molecule has 28 heavy (non-hydrogen) atoms. The third-order valence-corrected chi connectivity index (χ3v) is 4.42. The molecule has 0 radical (unpaired) electrons. The maximum Gasteiger partial charge on any atom is 0.259 e. The van der Waals surface area contributed by atoms with E-state index in [0.717, 1.165) is 42.0 Å². The number of benzene rings is 1. The van der Waals surface area contributed by atoms with Crippen LogP contribution in [-0.2, 0) is 26.4 Å². The highest BCUT2D eigenvalue weighted by molar-refractivity contribution is 5.54. The zero-order valence-electron chi connectivity index (χ0n) is 15.7. The Kier molecular flexibility index (Phi) is 5.42. The Bertz CT molecular complexity index is 1010. The summed E-state index contributed by atoms with van der Waals surface area (Å²) in [6, 6.07) is 14.3. The minimum Gasteiger partial charge on any atom is -0.366 e. The predicted molar refractivity (Wildman–Crippen MR) is 107 cm³/mol. The SMILES string of the molecule is Cn1cc(CNc2ccc(-c3nc(CCCc4ccccc4)no3)cn2)cn1. The van der Waals surface area contributed by atoms with Crippen molar-refractivity contribution in [3.63, 3.8) is 0 Å². The number of nitrogens with zero attached hydrogens (tertiary/aromatic N) is 5. The summed E-state index contributed by atoms with van der Waals surface area (Å²) in [5.74, 6) is 2.01. The Balaban J connectivity index is 1.30. The Morgan fingerprint density at radius 3 is 2.64 bits per heavy atom. The van der Waals surface area contributed by atoms with Crippen molar-refractivity contribution >= 4 is 5.82 Å². The van der Waals surface area contributed by atoms with Crippen LogP contribution in [0.3, 0.4) is 0 Å². The Labute approximate surface area is 163 Å². The van der Waals surface area contributed by atoms with E-state index < -0.39 is 0 Å². The lowest BCUT2D eigenvalue weighted by molar-refractivity contribution is 0.421. The number of rotatable bonds is 8. The minimum atomic E-state index is 0.501. The Morgan fingerprint density at radius 2 is 1.89 bits per heavy atom. The van der Waals surface area contributed by atoms with Crippen molar-refractivity contribution in [1.29, 1.82) is 0 Å². The summed E-state index contributed by atoms with van der Waals surface area (Å²) in [6.45, 7) is 0.673. The van der Waals surface area contributed by atoms with Gasteiger partial charge in [-0.25, -0.2) is 4.98 Å². The van der Waals surface area contributed by atoms with Gasteiger partial charge in [-0.3, -0.25) is 4.68 Å². The van der Waals surface area contributed by atoms with Crippen molar-refractivity contribution in [3.05, 3.63) is 78.0 Å². The maximum atomic E-state index is 5.39. The first-order valence-corrected chi connectivity index (χ1v) is 9.30. The minimum absolute atomic E-state index is 0.501. The number of pyridine rings is 1. The van der Waals surface area contributed by atoms with Gasteiger partial charge in [0.25, 0.3) is 5.89 Å². The van der Waals surface area contributed by atoms with Crippen LogP contribution in [0.2, 0.25) is 0 Å². The lowest BCUT2D eigenvalue weighted by Gasteiger charge is -2.03. The highest BCUT2D eigenvalue weighted by Gasteiger charge is 2.09. The summed E-state index contributed by atoms with van der Waals surface area (Å²) in [5, 5.41) is 11.5. The van der Waals surface area contributed by atoms with Gasteiger partial charge in [0.1, 0.15) is 5.82 Å². The lowest BCUT2D eigenvalue weighted by Crippen LogP contribution is -2.00. The number of aromatic nitrogens is 5. The van der Waals surface area contributed by atoms with E-state index in [4.69, 9.17) is 4.52 Å². The van der Waals surface area contributed by atoms with Crippen LogP contribution in [0.15, 0.2) is 65.6 Å². The molecule has 0 aliphatic carbocycles. The second-order valence-corrected chi connectivity index (χ2v) is 6.66. The summed E-state index contributed by atoms with van der Waals surface area (Å²) >= 11 is 0. The normalized spacial score (nSPS) is 10.9. The van der Waals surface area contributed by atoms with E-state index in [9.17, 15) is 0 Å². The van der Waals surface area contributed by atoms with Crippen LogP contribution < -0.4 is 5.32 Å². The van der Waals surface area contributed by atoms with Gasteiger partial charge in [0, 0.05) is 38.0 Å². The smallest absolute Gasteiger partial charge is 0.259 e. The molecule has 3 heterocycles. The average Bonchev–Trinajstić information content (AvgIpc) is 3.37. The standard InChI is InChI=1S/C21H22N6O/c1-27-15-17(13-24-27)12-22-19-11-10-18(14-23-19)21-25-20(26-28-21)9-5-8-16-6-3-2-4-7-16/h2-4,6-7,10-11,13-15H,5,8-9,12H2,1H3,(H,22,23). The van der Waals surface area contributed by atoms with Crippen molar-refractivity contribution in [2.75, 3.05) is 5.32 Å². The van der Waals surface area contributed by atoms with Crippen LogP contribution in [0.4, 0.5) is 5.82 Å². The molecule has 7 nitrogen and oxygen atoms in total. The first-order chi connectivity index (χ1) is 13.8. The molecule has 0 bridgehead atoms. The molecule has 1 aromatic carbocycles. The van der Waals surface area contributed by atoms with E-state index in [2.05, 4.69) is 49.8 Å². The predicted octanol–water partition coefficient (Wildman–Crippen LogP) is 3.65. The highest BCUT2D eigenvalue weighted by atomic mass is 16.5. The monoisotopic (exact) mass is 374 g/mol. The summed E-state index contributed by atoms with van der Waals surface area (Å²) in [7, 11) is 1.90. The molecule has 0 amide bonds. The van der Waals surface area contributed by atoms with E-state index in [0.29, 0.717) is 12.4 Å². The van der Waals surface area contributed by atoms with Crippen LogP contribution in [0, 0.1) is 0 Å². The quantitative estimate of drug-likeness (QED) is 0.507. The summed E-state index contributed by atoms with van der Waals surface area (Å²) in [6.07, 6.45) is 8.32. The summed E-state index contributed by atoms with van der Waals surface area (Å²) in [4.78, 5) is 8.91. The van der Waals surface area contributed by atoms with Gasteiger partial charge in [0.2, 0.25) is 0 Å². The molecule has 0 saturated carbocycles. The van der Waals surface area contributed by atoms with Gasteiger partial charge in [-0.15, -0.1) is 0 Å². The fraction of sp³-hybridized carbons (Fsp3) is 0.238. The molecular weight excluding hydrogens is 352 g/mol. The number of aryl methyl sites for hydroxylation is 3. The summed E-state index contributed by atoms with van der Waals surface area (Å²) in [5.41, 5.74) is 3.24. The first kappa shape index (κ1) is 17.9. The molecule has 0 fully saturated rings. The molecule has 1 N–H and O–H groups in total. The van der Waals surface area contributed by atoms with Crippen molar-refractivity contribution in [1.82, 2.24) is 24.9 Å². The third-order valence-electron chi connectivity index (χ3n) is 4.42. The molecule has 0 aliphatic heterocycles. The van der Waals surface area contributed by atoms with Gasteiger partial charge in [-0.05, 0) is 30.5 Å². The molecule has 7 heteroatoms. The molecule has 142 valence electrons. The van der Waals surface area contributed by atoms with Crippen LogP contribution in [0.1, 0.15) is 23.4 Å². The molecule has 0 atom stereocenters. The van der Waals surface area contributed by atoms with E-state index in [1.807, 2.05) is 37.6 Å². The average molecular weight is 374 g/mol. The largest absolute Gasteiger partial charge is 0.366 e. The first-order valence-electron chi connectivity index (χ1n) is 9.30. The molecule has 0 unspecified atom stereocenters. The van der Waals surface area contributed by atoms with E-state index in [1.54, 1.807) is 10.9 Å². The van der Waals surface area contributed by atoms with Gasteiger partial charge < -0.3 is 9.84 Å². The van der Waals surface area contributed by atoms with Crippen LogP contribution >= 0.6 is 0 Å². The van der Waals surface area contributed by atoms with Crippen LogP contribution in [-0.4, -0.2) is 24.9 Å². The fourth-order valence-corrected chi connectivity index (χ4v) is 2.95. The number of hydrogen-bond donors (Lipinski definition) is 1. The van der Waals surface area contributed by atoms with Gasteiger partial charge >= 0.3 is 0 Å². The molecule has 3 aromatic heterocycles. The van der Waals surface area contributed by atoms with Crippen LogP contribution in [0.25, 0.3) is 11.5 Å². The Hall–Kier alpha value is -3.48. The third kappa shape index (κ3) is 4.62. The topological polar surface area (TPSA) is 81.7 Å². The molecule has 0 spiro atoms. The van der Waals surface area contributed by atoms with Crippen molar-refractivity contribution < 1.29 is 4.52 Å². The van der Waals surface area contributed by atoms with Gasteiger partial charge in [-0.1, -0.05) is 35.5 Å². The Morgan fingerprint density at radius 1 is 1.00 bits per heavy atom. The van der Waals surface area contributed by atoms with Crippen molar-refractivity contribution in [2.45, 2.75) is 25.8 Å². The second kappa shape index (κ2) is 8.47. The summed E-state index contributed by atoms with van der Waals surface area (Å²) < 4.78 is 7.17. The van der Waals surface area contributed by atoms with Gasteiger partial charge in [0.15, 0.2) is 5.82 Å². The highest BCUT2D eigenvalue weighted by Crippen LogP contribution is 2.18. The molecule has 0 saturated heterocycles. The molecule has 4 rings (SSSR count). The second-order valence-electron chi connectivity index (χ2n) is 6.66. The van der Waals surface area contributed by atoms with E-state index in [-0.39, 0.29) is 0 Å². The zero-order chi connectivity index (χ0) is 19.2. The van der Waals surface area contributed by atoms with Gasteiger partial charge in [0.05, 0.1) is 11.8 Å². The van der Waals surface area contributed by atoms with Gasteiger partial charge in [-0.2, -0.15) is 10.1 Å². The number of anilines is 1. The molecular formula is C21H22N6O. The van der Waals surface area contributed by atoms with Crippen LogP contribution in [0.5, 0.6) is 0 Å². The lowest BCUT2D eigenvalue weighted by atomic mass is 10.1. The number of nitrogens with one attached hydrogen (secondary N) is 1. The fourth-order valence-electron chi connectivity index (χ4n) is 2.95. The maximum absolute atomic E-state index is 5.39. The van der Waals surface area contributed by atoms with E-state index >= 15 is 0 Å². The number of hydrogen-bond acceptors (Lipinski definition) is 6. The van der Waals surface area contributed by atoms with Crippen molar-refractivity contribution in [3.8, 4) is 11.5 Å². The van der Waals surface area contributed by atoms with E-state index in [1.165, 1.54) is 5.56 Å². The van der Waals surface area contributed by atoms with Crippen molar-refractivity contribution in [2.24, 2.45) is 7.05 Å². The zero-order valence-corrected chi connectivity index (χ0v) is 15.7. The molecule has 4 aromatic rings.